The number of methoxy groups -OCH3 is 1. The molecular weight excluding hydrogens is 238 g/mol. The number of furan rings is 1. The smallest absolute Gasteiger partial charge is 0.134 e. The number of fused-ring (bicyclic) bond motifs is 1. The highest BCUT2D eigenvalue weighted by molar-refractivity contribution is 5.82. The molecule has 3 heteroatoms. The van der Waals surface area contributed by atoms with Gasteiger partial charge in [0.15, 0.2) is 0 Å². The lowest BCUT2D eigenvalue weighted by Gasteiger charge is -2.22. The number of hydrogen-bond donors (Lipinski definition) is 0. The van der Waals surface area contributed by atoms with Gasteiger partial charge in [-0.15, -0.1) is 0 Å². The molecule has 1 aromatic carbocycles. The highest BCUT2D eigenvalue weighted by Crippen LogP contribution is 2.26. The Kier molecular flexibility index (Phi) is 3.56. The third-order valence-electron chi connectivity index (χ3n) is 3.70. The van der Waals surface area contributed by atoms with Crippen LogP contribution in [0.25, 0.3) is 11.0 Å². The van der Waals surface area contributed by atoms with Gasteiger partial charge in [0.05, 0.1) is 13.4 Å². The summed E-state index contributed by atoms with van der Waals surface area (Å²) in [5, 5.41) is 1.17. The molecule has 0 unspecified atom stereocenters. The second-order valence-electron chi connectivity index (χ2n) is 4.93. The fourth-order valence-corrected chi connectivity index (χ4v) is 2.55. The van der Waals surface area contributed by atoms with Crippen LogP contribution in [0.2, 0.25) is 0 Å². The van der Waals surface area contributed by atoms with E-state index in [0.29, 0.717) is 0 Å². The van der Waals surface area contributed by atoms with Gasteiger partial charge in [0.2, 0.25) is 0 Å². The van der Waals surface area contributed by atoms with Crippen LogP contribution in [0.15, 0.2) is 41.0 Å². The molecule has 19 heavy (non-hydrogen) atoms. The predicted molar refractivity (Wildman–Crippen MR) is 76.7 cm³/mol. The Labute approximate surface area is 113 Å². The van der Waals surface area contributed by atoms with Gasteiger partial charge in [0.25, 0.3) is 0 Å². The molecule has 0 saturated heterocycles. The maximum Gasteiger partial charge on any atom is 0.134 e. The van der Waals surface area contributed by atoms with Crippen molar-refractivity contribution in [2.45, 2.75) is 12.8 Å². The summed E-state index contributed by atoms with van der Waals surface area (Å²) in [5.41, 5.74) is 2.21. The Bertz CT molecular complexity index is 585. The molecule has 1 aromatic heterocycles. The molecular formula is C16H19NO2. The van der Waals surface area contributed by atoms with Gasteiger partial charge in [-0.1, -0.05) is 12.2 Å². The largest absolute Gasteiger partial charge is 0.497 e. The maximum atomic E-state index is 5.60. The highest BCUT2D eigenvalue weighted by atomic mass is 16.5. The number of hydrogen-bond acceptors (Lipinski definition) is 3. The summed E-state index contributed by atoms with van der Waals surface area (Å²) in [5.74, 6) is 0.885. The van der Waals surface area contributed by atoms with Crippen LogP contribution >= 0.6 is 0 Å². The molecule has 3 nitrogen and oxygen atoms in total. The third-order valence-corrected chi connectivity index (χ3v) is 3.70. The highest BCUT2D eigenvalue weighted by Gasteiger charge is 2.10. The first kappa shape index (κ1) is 12.3. The van der Waals surface area contributed by atoms with E-state index in [9.17, 15) is 0 Å². The Balaban J connectivity index is 1.74. The number of benzene rings is 1. The van der Waals surface area contributed by atoms with Crippen molar-refractivity contribution in [1.82, 2.24) is 4.90 Å². The number of rotatable bonds is 4. The van der Waals surface area contributed by atoms with E-state index in [1.165, 1.54) is 17.4 Å². The summed E-state index contributed by atoms with van der Waals surface area (Å²) in [6, 6.07) is 5.97. The van der Waals surface area contributed by atoms with E-state index in [2.05, 4.69) is 23.1 Å². The lowest BCUT2D eigenvalue weighted by molar-refractivity contribution is 0.302. The Morgan fingerprint density at radius 1 is 1.32 bits per heavy atom. The van der Waals surface area contributed by atoms with E-state index in [1.54, 1.807) is 7.11 Å². The van der Waals surface area contributed by atoms with Crippen LogP contribution in [-0.4, -0.2) is 31.6 Å². The molecule has 0 saturated carbocycles. The van der Waals surface area contributed by atoms with Gasteiger partial charge < -0.3 is 9.15 Å². The third kappa shape index (κ3) is 2.66. The molecule has 0 radical (unpaired) electrons. The van der Waals surface area contributed by atoms with Gasteiger partial charge in [-0.3, -0.25) is 4.90 Å². The predicted octanol–water partition coefficient (Wildman–Crippen LogP) is 3.25. The standard InChI is InChI=1S/C16H19NO2/c1-18-14-5-6-16-15(11-14)13(12-19-16)7-10-17-8-3-2-4-9-17/h2-3,5-6,11-12H,4,7-10H2,1H3. The van der Waals surface area contributed by atoms with Crippen LogP contribution in [-0.2, 0) is 6.42 Å². The maximum absolute atomic E-state index is 5.60. The molecule has 0 bridgehead atoms. The molecule has 2 aromatic rings. The van der Waals surface area contributed by atoms with Crippen molar-refractivity contribution in [2.75, 3.05) is 26.7 Å². The summed E-state index contributed by atoms with van der Waals surface area (Å²) in [7, 11) is 1.70. The average molecular weight is 257 g/mol. The minimum absolute atomic E-state index is 0.885. The molecule has 0 N–H and O–H groups in total. The first-order valence-corrected chi connectivity index (χ1v) is 6.78. The van der Waals surface area contributed by atoms with Gasteiger partial charge in [0.1, 0.15) is 11.3 Å². The van der Waals surface area contributed by atoms with Crippen LogP contribution in [0, 0.1) is 0 Å². The van der Waals surface area contributed by atoms with Gasteiger partial charge in [0, 0.05) is 25.0 Å². The molecule has 100 valence electrons. The Morgan fingerprint density at radius 3 is 3.05 bits per heavy atom. The van der Waals surface area contributed by atoms with Gasteiger partial charge in [-0.05, 0) is 36.6 Å². The molecule has 0 amide bonds. The van der Waals surface area contributed by atoms with Crippen molar-refractivity contribution in [2.24, 2.45) is 0 Å². The fraction of sp³-hybridized carbons (Fsp3) is 0.375. The molecule has 2 heterocycles. The summed E-state index contributed by atoms with van der Waals surface area (Å²) < 4.78 is 10.9. The first-order chi connectivity index (χ1) is 9.36. The zero-order valence-corrected chi connectivity index (χ0v) is 11.3. The molecule has 1 aliphatic heterocycles. The van der Waals surface area contributed by atoms with Gasteiger partial charge in [-0.2, -0.15) is 0 Å². The van der Waals surface area contributed by atoms with Crippen LogP contribution in [0.1, 0.15) is 12.0 Å². The molecule has 0 aliphatic carbocycles. The van der Waals surface area contributed by atoms with Crippen molar-refractivity contribution in [3.8, 4) is 5.75 Å². The second kappa shape index (κ2) is 5.49. The Hall–Kier alpha value is -1.74. The van der Waals surface area contributed by atoms with Gasteiger partial charge >= 0.3 is 0 Å². The summed E-state index contributed by atoms with van der Waals surface area (Å²) in [6.07, 6.45) is 8.58. The van der Waals surface area contributed by atoms with E-state index in [4.69, 9.17) is 9.15 Å². The lowest BCUT2D eigenvalue weighted by Crippen LogP contribution is -2.29. The Morgan fingerprint density at radius 2 is 2.26 bits per heavy atom. The van der Waals surface area contributed by atoms with Crippen LogP contribution in [0.5, 0.6) is 5.75 Å². The number of ether oxygens (including phenoxy) is 1. The average Bonchev–Trinajstić information content (AvgIpc) is 2.88. The van der Waals surface area contributed by atoms with Crippen LogP contribution in [0.4, 0.5) is 0 Å². The van der Waals surface area contributed by atoms with Gasteiger partial charge in [-0.25, -0.2) is 0 Å². The molecule has 0 spiro atoms. The SMILES string of the molecule is COc1ccc2occ(CCN3CC=CCC3)c2c1. The molecule has 1 aliphatic rings. The van der Waals surface area contributed by atoms with Crippen LogP contribution < -0.4 is 4.74 Å². The van der Waals surface area contributed by atoms with Crippen LogP contribution in [0.3, 0.4) is 0 Å². The van der Waals surface area contributed by atoms with Crippen molar-refractivity contribution in [3.05, 3.63) is 42.2 Å². The van der Waals surface area contributed by atoms with E-state index < -0.39 is 0 Å². The van der Waals surface area contributed by atoms with E-state index in [1.807, 2.05) is 18.4 Å². The second-order valence-corrected chi connectivity index (χ2v) is 4.93. The topological polar surface area (TPSA) is 25.6 Å². The van der Waals surface area contributed by atoms with E-state index >= 15 is 0 Å². The summed E-state index contributed by atoms with van der Waals surface area (Å²) in [6.45, 7) is 3.31. The summed E-state index contributed by atoms with van der Waals surface area (Å²) in [4.78, 5) is 2.47. The summed E-state index contributed by atoms with van der Waals surface area (Å²) >= 11 is 0. The zero-order valence-electron chi connectivity index (χ0n) is 11.3. The molecule has 3 rings (SSSR count). The normalized spacial score (nSPS) is 16.1. The first-order valence-electron chi connectivity index (χ1n) is 6.78. The van der Waals surface area contributed by atoms with E-state index in [0.717, 1.165) is 37.4 Å². The van der Waals surface area contributed by atoms with Crippen molar-refractivity contribution in [3.63, 3.8) is 0 Å². The quantitative estimate of drug-likeness (QED) is 0.786. The van der Waals surface area contributed by atoms with Crippen molar-refractivity contribution in [1.29, 1.82) is 0 Å². The monoisotopic (exact) mass is 257 g/mol. The van der Waals surface area contributed by atoms with Crippen molar-refractivity contribution >= 4 is 11.0 Å². The van der Waals surface area contributed by atoms with E-state index in [-0.39, 0.29) is 0 Å². The number of nitrogens with zero attached hydrogens (tertiary/aromatic N) is 1. The zero-order chi connectivity index (χ0) is 13.1. The van der Waals surface area contributed by atoms with Crippen molar-refractivity contribution < 1.29 is 9.15 Å². The molecule has 0 atom stereocenters. The fourth-order valence-electron chi connectivity index (χ4n) is 2.55. The minimum atomic E-state index is 0.885. The lowest BCUT2D eigenvalue weighted by atomic mass is 10.1. The minimum Gasteiger partial charge on any atom is -0.497 e. The molecule has 0 fully saturated rings.